The maximum absolute atomic E-state index is 10.8. The van der Waals surface area contributed by atoms with Crippen LogP contribution in [-0.2, 0) is 4.79 Å². The van der Waals surface area contributed by atoms with Gasteiger partial charge in [-0.05, 0) is 31.5 Å². The van der Waals surface area contributed by atoms with E-state index >= 15 is 0 Å². The molecule has 8 heteroatoms. The molecular formula is C13H16N4O2S2. The molecule has 0 spiro atoms. The third-order valence-electron chi connectivity index (χ3n) is 3.46. The quantitative estimate of drug-likeness (QED) is 0.849. The molecule has 0 radical (unpaired) electrons. The summed E-state index contributed by atoms with van der Waals surface area (Å²) in [4.78, 5) is 14.1. The zero-order chi connectivity index (χ0) is 14.8. The van der Waals surface area contributed by atoms with Crippen LogP contribution in [0.5, 0.6) is 0 Å². The van der Waals surface area contributed by atoms with E-state index in [1.807, 2.05) is 17.5 Å². The summed E-state index contributed by atoms with van der Waals surface area (Å²) in [6.45, 7) is 1.98. The van der Waals surface area contributed by atoms with Crippen LogP contribution in [0.15, 0.2) is 22.7 Å². The van der Waals surface area contributed by atoms with Crippen molar-refractivity contribution in [1.82, 2.24) is 19.7 Å². The molecule has 1 aliphatic rings. The van der Waals surface area contributed by atoms with E-state index in [9.17, 15) is 4.79 Å². The Kier molecular flexibility index (Phi) is 4.27. The average molecular weight is 324 g/mol. The molecule has 3 heterocycles. The summed E-state index contributed by atoms with van der Waals surface area (Å²) in [5.41, 5.74) is 0. The highest BCUT2D eigenvalue weighted by Gasteiger charge is 2.27. The van der Waals surface area contributed by atoms with Crippen molar-refractivity contribution in [3.8, 4) is 10.7 Å². The Morgan fingerprint density at radius 2 is 2.43 bits per heavy atom. The molecule has 0 aliphatic carbocycles. The van der Waals surface area contributed by atoms with E-state index in [2.05, 4.69) is 26.7 Å². The number of hydrogen-bond acceptors (Lipinski definition) is 6. The molecule has 3 rings (SSSR count). The Morgan fingerprint density at radius 3 is 3.05 bits per heavy atom. The second-order valence-electron chi connectivity index (χ2n) is 5.04. The fourth-order valence-electron chi connectivity index (χ4n) is 2.53. The summed E-state index contributed by atoms with van der Waals surface area (Å²) in [6, 6.07) is 4.32. The number of aromatic nitrogens is 3. The fraction of sp³-hybridized carbons (Fsp3) is 0.462. The number of nitrogens with zero attached hydrogens (tertiary/aromatic N) is 4. The monoisotopic (exact) mass is 324 g/mol. The normalized spacial score (nSPS) is 19.2. The van der Waals surface area contributed by atoms with E-state index in [0.717, 1.165) is 30.2 Å². The number of thiophene rings is 1. The number of thioether (sulfide) groups is 1. The van der Waals surface area contributed by atoms with E-state index in [4.69, 9.17) is 5.11 Å². The second-order valence-corrected chi connectivity index (χ2v) is 6.93. The molecule has 1 aliphatic heterocycles. The van der Waals surface area contributed by atoms with Gasteiger partial charge in [-0.2, -0.15) is 0 Å². The topological polar surface area (TPSA) is 71.2 Å². The first-order chi connectivity index (χ1) is 10.1. The van der Waals surface area contributed by atoms with Crippen LogP contribution in [-0.4, -0.2) is 56.6 Å². The Bertz CT molecular complexity index is 626. The fourth-order valence-corrected chi connectivity index (χ4v) is 3.96. The molecule has 0 amide bonds. The van der Waals surface area contributed by atoms with Gasteiger partial charge < -0.3 is 10.0 Å². The molecule has 1 N–H and O–H groups in total. The van der Waals surface area contributed by atoms with Gasteiger partial charge in [0.2, 0.25) is 0 Å². The van der Waals surface area contributed by atoms with Gasteiger partial charge in [-0.15, -0.1) is 21.5 Å². The smallest absolute Gasteiger partial charge is 0.313 e. The van der Waals surface area contributed by atoms with Crippen molar-refractivity contribution in [2.24, 2.45) is 0 Å². The number of aliphatic carboxylic acids is 1. The van der Waals surface area contributed by atoms with E-state index < -0.39 is 5.97 Å². The molecule has 0 bridgehead atoms. The SMILES string of the molecule is CN1CCC(n2c(SCC(=O)O)nnc2-c2cccs2)C1. The van der Waals surface area contributed by atoms with Gasteiger partial charge in [0.05, 0.1) is 16.7 Å². The lowest BCUT2D eigenvalue weighted by molar-refractivity contribution is -0.133. The summed E-state index contributed by atoms with van der Waals surface area (Å²) in [7, 11) is 2.10. The Morgan fingerprint density at radius 1 is 1.57 bits per heavy atom. The lowest BCUT2D eigenvalue weighted by Crippen LogP contribution is -2.17. The van der Waals surface area contributed by atoms with Crippen molar-refractivity contribution in [1.29, 1.82) is 0 Å². The van der Waals surface area contributed by atoms with Gasteiger partial charge >= 0.3 is 5.97 Å². The van der Waals surface area contributed by atoms with Gasteiger partial charge in [0, 0.05) is 6.54 Å². The highest BCUT2D eigenvalue weighted by atomic mass is 32.2. The van der Waals surface area contributed by atoms with Crippen molar-refractivity contribution in [2.75, 3.05) is 25.9 Å². The molecule has 6 nitrogen and oxygen atoms in total. The Labute approximate surface area is 130 Å². The first-order valence-corrected chi connectivity index (χ1v) is 8.53. The number of carboxylic acid groups (broad SMARTS) is 1. The third kappa shape index (κ3) is 3.12. The van der Waals surface area contributed by atoms with E-state index in [1.165, 1.54) is 11.8 Å². The van der Waals surface area contributed by atoms with Crippen LogP contribution >= 0.6 is 23.1 Å². The Balaban J connectivity index is 1.95. The predicted octanol–water partition coefficient (Wildman–Crippen LogP) is 2.06. The average Bonchev–Trinajstić information content (AvgIpc) is 3.15. The van der Waals surface area contributed by atoms with Gasteiger partial charge in [-0.1, -0.05) is 17.8 Å². The minimum Gasteiger partial charge on any atom is -0.481 e. The molecule has 1 unspecified atom stereocenters. The predicted molar refractivity (Wildman–Crippen MR) is 82.8 cm³/mol. The van der Waals surface area contributed by atoms with Crippen molar-refractivity contribution in [3.05, 3.63) is 17.5 Å². The summed E-state index contributed by atoms with van der Waals surface area (Å²) in [6.07, 6.45) is 1.04. The lowest BCUT2D eigenvalue weighted by atomic mass is 10.2. The zero-order valence-corrected chi connectivity index (χ0v) is 13.2. The van der Waals surface area contributed by atoms with Crippen molar-refractivity contribution in [3.63, 3.8) is 0 Å². The van der Waals surface area contributed by atoms with Crippen LogP contribution in [0.25, 0.3) is 10.7 Å². The molecule has 21 heavy (non-hydrogen) atoms. The number of hydrogen-bond donors (Lipinski definition) is 1. The lowest BCUT2D eigenvalue weighted by Gasteiger charge is -2.16. The van der Waals surface area contributed by atoms with Gasteiger partial charge in [-0.25, -0.2) is 0 Å². The van der Waals surface area contributed by atoms with Crippen LogP contribution in [0.4, 0.5) is 0 Å². The molecule has 1 saturated heterocycles. The maximum atomic E-state index is 10.8. The number of carbonyl (C=O) groups is 1. The highest BCUT2D eigenvalue weighted by Crippen LogP contribution is 2.33. The van der Waals surface area contributed by atoms with Crippen molar-refractivity contribution in [2.45, 2.75) is 17.6 Å². The minimum absolute atomic E-state index is 0.00509. The summed E-state index contributed by atoms with van der Waals surface area (Å²) in [5.74, 6) is 0.0134. The molecule has 112 valence electrons. The summed E-state index contributed by atoms with van der Waals surface area (Å²) in [5, 5.41) is 20.1. The van der Waals surface area contributed by atoms with Crippen LogP contribution in [0.3, 0.4) is 0 Å². The summed E-state index contributed by atoms with van der Waals surface area (Å²) >= 11 is 2.86. The number of rotatable bonds is 5. The van der Waals surface area contributed by atoms with Crippen LogP contribution in [0, 0.1) is 0 Å². The van der Waals surface area contributed by atoms with E-state index in [-0.39, 0.29) is 5.75 Å². The molecule has 1 fully saturated rings. The molecular weight excluding hydrogens is 308 g/mol. The molecule has 0 saturated carbocycles. The van der Waals surface area contributed by atoms with Crippen LogP contribution < -0.4 is 0 Å². The number of carboxylic acids is 1. The van der Waals surface area contributed by atoms with E-state index in [0.29, 0.717) is 11.2 Å². The van der Waals surface area contributed by atoms with Crippen LogP contribution in [0.1, 0.15) is 12.5 Å². The van der Waals surface area contributed by atoms with E-state index in [1.54, 1.807) is 11.3 Å². The van der Waals surface area contributed by atoms with Gasteiger partial charge in [0.1, 0.15) is 0 Å². The standard InChI is InChI=1S/C13H16N4O2S2/c1-16-5-4-9(7-16)17-12(10-3-2-6-20-10)14-15-13(17)21-8-11(18)19/h2-3,6,9H,4-5,7-8H2,1H3,(H,18,19). The molecule has 1 atom stereocenters. The van der Waals surface area contributed by atoms with Crippen molar-refractivity contribution >= 4 is 29.1 Å². The first kappa shape index (κ1) is 14.6. The van der Waals surface area contributed by atoms with Crippen molar-refractivity contribution < 1.29 is 9.90 Å². The first-order valence-electron chi connectivity index (χ1n) is 6.67. The minimum atomic E-state index is -0.837. The van der Waals surface area contributed by atoms with Gasteiger partial charge in [0.15, 0.2) is 11.0 Å². The number of likely N-dealkylation sites (N-methyl/N-ethyl adjacent to an activating group) is 1. The Hall–Kier alpha value is -1.38. The van der Waals surface area contributed by atoms with Crippen LogP contribution in [0.2, 0.25) is 0 Å². The van der Waals surface area contributed by atoms with Gasteiger partial charge in [-0.3, -0.25) is 9.36 Å². The molecule has 2 aromatic heterocycles. The largest absolute Gasteiger partial charge is 0.481 e. The number of likely N-dealkylation sites (tertiary alicyclic amines) is 1. The molecule has 2 aromatic rings. The third-order valence-corrected chi connectivity index (χ3v) is 5.26. The highest BCUT2D eigenvalue weighted by molar-refractivity contribution is 7.99. The summed E-state index contributed by atoms with van der Waals surface area (Å²) < 4.78 is 2.11. The maximum Gasteiger partial charge on any atom is 0.313 e. The molecule has 0 aromatic carbocycles. The second kappa shape index (κ2) is 6.17. The zero-order valence-electron chi connectivity index (χ0n) is 11.6. The van der Waals surface area contributed by atoms with Gasteiger partial charge in [0.25, 0.3) is 0 Å².